The summed E-state index contributed by atoms with van der Waals surface area (Å²) in [6.07, 6.45) is 4.79. The van der Waals surface area contributed by atoms with Crippen LogP contribution < -0.4 is 10.1 Å². The molecule has 1 aliphatic rings. The molecule has 0 aliphatic carbocycles. The molecule has 0 radical (unpaired) electrons. The lowest BCUT2D eigenvalue weighted by atomic mass is 10.1. The van der Waals surface area contributed by atoms with E-state index in [0.29, 0.717) is 18.7 Å². The van der Waals surface area contributed by atoms with Crippen molar-refractivity contribution in [2.24, 2.45) is 0 Å². The number of fused-ring (bicyclic) bond motifs is 1. The summed E-state index contributed by atoms with van der Waals surface area (Å²) in [7, 11) is 0. The Morgan fingerprint density at radius 1 is 1.35 bits per heavy atom. The zero-order valence-electron chi connectivity index (χ0n) is 11.7. The van der Waals surface area contributed by atoms with E-state index in [2.05, 4.69) is 25.4 Å². The van der Waals surface area contributed by atoms with E-state index in [1.54, 1.807) is 0 Å². The van der Waals surface area contributed by atoms with Gasteiger partial charge in [0.1, 0.15) is 12.4 Å². The topological polar surface area (TPSA) is 38.3 Å². The van der Waals surface area contributed by atoms with E-state index in [-0.39, 0.29) is 5.91 Å². The molecular formula is C17H19NO2. The molecule has 0 saturated carbocycles. The van der Waals surface area contributed by atoms with Crippen molar-refractivity contribution in [1.82, 2.24) is 5.32 Å². The van der Waals surface area contributed by atoms with Crippen molar-refractivity contribution in [2.45, 2.75) is 19.9 Å². The lowest BCUT2D eigenvalue weighted by Crippen LogP contribution is -2.12. The zero-order chi connectivity index (χ0) is 14.5. The molecule has 3 heteroatoms. The molecule has 20 heavy (non-hydrogen) atoms. The standard InChI is InChI=1S/C17H19NO2/c1-4-12(2)8-9-13(3)11-20-16-7-5-6-14-15(16)10-18-17(14)19/h5-9H,2-4,10-11H2,1H3,(H,18,19)/b9-8-. The molecule has 0 spiro atoms. The van der Waals surface area contributed by atoms with Gasteiger partial charge in [0.25, 0.3) is 5.91 Å². The van der Waals surface area contributed by atoms with Crippen LogP contribution in [-0.4, -0.2) is 12.5 Å². The summed E-state index contributed by atoms with van der Waals surface area (Å²) < 4.78 is 5.75. The van der Waals surface area contributed by atoms with Crippen LogP contribution in [0.5, 0.6) is 5.75 Å². The molecule has 0 aromatic heterocycles. The summed E-state index contributed by atoms with van der Waals surface area (Å²) >= 11 is 0. The van der Waals surface area contributed by atoms with E-state index in [1.165, 1.54) is 0 Å². The van der Waals surface area contributed by atoms with Crippen LogP contribution in [0.4, 0.5) is 0 Å². The number of carbonyl (C=O) groups is 1. The molecule has 3 nitrogen and oxygen atoms in total. The van der Waals surface area contributed by atoms with Crippen molar-refractivity contribution in [3.8, 4) is 5.75 Å². The Hall–Kier alpha value is -2.29. The van der Waals surface area contributed by atoms with Crippen molar-refractivity contribution in [1.29, 1.82) is 0 Å². The van der Waals surface area contributed by atoms with Gasteiger partial charge in [0.05, 0.1) is 0 Å². The minimum Gasteiger partial charge on any atom is -0.489 e. The normalized spacial score (nSPS) is 13.2. The monoisotopic (exact) mass is 269 g/mol. The smallest absolute Gasteiger partial charge is 0.252 e. The minimum atomic E-state index is -0.0385. The fourth-order valence-electron chi connectivity index (χ4n) is 1.93. The van der Waals surface area contributed by atoms with E-state index in [4.69, 9.17) is 4.74 Å². The predicted molar refractivity (Wildman–Crippen MR) is 80.8 cm³/mol. The third-order valence-electron chi connectivity index (χ3n) is 3.23. The maximum atomic E-state index is 11.6. The maximum Gasteiger partial charge on any atom is 0.252 e. The van der Waals surface area contributed by atoms with E-state index in [9.17, 15) is 4.79 Å². The van der Waals surface area contributed by atoms with Crippen molar-refractivity contribution in [2.75, 3.05) is 6.61 Å². The molecular weight excluding hydrogens is 250 g/mol. The van der Waals surface area contributed by atoms with Gasteiger partial charge in [0, 0.05) is 17.7 Å². The Bertz CT molecular complexity index is 585. The van der Waals surface area contributed by atoms with Gasteiger partial charge in [0.2, 0.25) is 0 Å². The molecule has 1 amide bonds. The van der Waals surface area contributed by atoms with Gasteiger partial charge in [-0.25, -0.2) is 0 Å². The Balaban J connectivity index is 1.99. The summed E-state index contributed by atoms with van der Waals surface area (Å²) in [5, 5.41) is 2.79. The Morgan fingerprint density at radius 3 is 2.85 bits per heavy atom. The highest BCUT2D eigenvalue weighted by Gasteiger charge is 2.21. The lowest BCUT2D eigenvalue weighted by molar-refractivity contribution is 0.0966. The molecule has 0 fully saturated rings. The molecule has 1 aromatic carbocycles. The first kappa shape index (κ1) is 14.1. The summed E-state index contributed by atoms with van der Waals surface area (Å²) in [6, 6.07) is 5.52. The fourth-order valence-corrected chi connectivity index (χ4v) is 1.93. The van der Waals surface area contributed by atoms with Gasteiger partial charge in [-0.2, -0.15) is 0 Å². The summed E-state index contributed by atoms with van der Waals surface area (Å²) in [4.78, 5) is 11.6. The number of amides is 1. The van der Waals surface area contributed by atoms with E-state index < -0.39 is 0 Å². The quantitative estimate of drug-likeness (QED) is 0.804. The molecule has 104 valence electrons. The minimum absolute atomic E-state index is 0.0385. The van der Waals surface area contributed by atoms with Gasteiger partial charge in [-0.3, -0.25) is 4.79 Å². The van der Waals surface area contributed by atoms with Gasteiger partial charge in [0.15, 0.2) is 0 Å². The van der Waals surface area contributed by atoms with Crippen molar-refractivity contribution in [3.63, 3.8) is 0 Å². The molecule has 1 aliphatic heterocycles. The largest absolute Gasteiger partial charge is 0.489 e. The second-order valence-electron chi connectivity index (χ2n) is 4.76. The van der Waals surface area contributed by atoms with Crippen LogP contribution in [0, 0.1) is 0 Å². The predicted octanol–water partition coefficient (Wildman–Crippen LogP) is 3.39. The second kappa shape index (κ2) is 6.24. The highest BCUT2D eigenvalue weighted by molar-refractivity contribution is 5.99. The van der Waals surface area contributed by atoms with Gasteiger partial charge in [-0.05, 0) is 24.1 Å². The van der Waals surface area contributed by atoms with Crippen molar-refractivity contribution < 1.29 is 9.53 Å². The summed E-state index contributed by atoms with van der Waals surface area (Å²) in [5.74, 6) is 0.702. The number of ether oxygens (including phenoxy) is 1. The molecule has 1 N–H and O–H groups in total. The first-order valence-corrected chi connectivity index (χ1v) is 6.68. The fraction of sp³-hybridized carbons (Fsp3) is 0.235. The van der Waals surface area contributed by atoms with Gasteiger partial charge in [-0.1, -0.05) is 43.9 Å². The van der Waals surface area contributed by atoms with Crippen LogP contribution in [0.3, 0.4) is 0 Å². The zero-order valence-corrected chi connectivity index (χ0v) is 11.7. The SMILES string of the molecule is C=C(/C=C\C(=C)COc1cccc2c1CNC2=O)CC. The van der Waals surface area contributed by atoms with Crippen LogP contribution in [0.1, 0.15) is 29.3 Å². The van der Waals surface area contributed by atoms with Gasteiger partial charge >= 0.3 is 0 Å². The number of allylic oxidation sites excluding steroid dienone is 2. The Labute approximate surface area is 119 Å². The first-order chi connectivity index (χ1) is 9.61. The average Bonchev–Trinajstić information content (AvgIpc) is 2.84. The van der Waals surface area contributed by atoms with Crippen LogP contribution in [-0.2, 0) is 6.54 Å². The number of hydrogen-bond donors (Lipinski definition) is 1. The van der Waals surface area contributed by atoms with Crippen LogP contribution in [0.25, 0.3) is 0 Å². The van der Waals surface area contributed by atoms with Crippen LogP contribution in [0.15, 0.2) is 54.7 Å². The number of hydrogen-bond acceptors (Lipinski definition) is 2. The van der Waals surface area contributed by atoms with E-state index >= 15 is 0 Å². The highest BCUT2D eigenvalue weighted by Crippen LogP contribution is 2.26. The highest BCUT2D eigenvalue weighted by atomic mass is 16.5. The van der Waals surface area contributed by atoms with Crippen molar-refractivity contribution in [3.05, 3.63) is 65.8 Å². The maximum absolute atomic E-state index is 11.6. The third kappa shape index (κ3) is 3.18. The molecule has 0 bridgehead atoms. The molecule has 0 unspecified atom stereocenters. The summed E-state index contributed by atoms with van der Waals surface area (Å²) in [5.41, 5.74) is 3.55. The molecule has 2 rings (SSSR count). The van der Waals surface area contributed by atoms with Crippen molar-refractivity contribution >= 4 is 5.91 Å². The number of benzene rings is 1. The second-order valence-corrected chi connectivity index (χ2v) is 4.76. The summed E-state index contributed by atoms with van der Waals surface area (Å²) in [6.45, 7) is 10.8. The van der Waals surface area contributed by atoms with E-state index in [1.807, 2.05) is 30.4 Å². The first-order valence-electron chi connectivity index (χ1n) is 6.68. The van der Waals surface area contributed by atoms with Gasteiger partial charge < -0.3 is 10.1 Å². The molecule has 0 atom stereocenters. The number of carbonyl (C=O) groups excluding carboxylic acids is 1. The van der Waals surface area contributed by atoms with Crippen LogP contribution >= 0.6 is 0 Å². The Morgan fingerprint density at radius 2 is 2.10 bits per heavy atom. The van der Waals surface area contributed by atoms with Crippen LogP contribution in [0.2, 0.25) is 0 Å². The van der Waals surface area contributed by atoms with Gasteiger partial charge in [-0.15, -0.1) is 0 Å². The number of nitrogens with one attached hydrogen (secondary N) is 1. The van der Waals surface area contributed by atoms with E-state index in [0.717, 1.165) is 28.9 Å². The lowest BCUT2D eigenvalue weighted by Gasteiger charge is -2.09. The molecule has 0 saturated heterocycles. The molecule has 1 aromatic rings. The average molecular weight is 269 g/mol. The third-order valence-corrected chi connectivity index (χ3v) is 3.23. The Kier molecular flexibility index (Phi) is 4.41. The number of rotatable bonds is 6. The molecule has 1 heterocycles.